The Balaban J connectivity index is 1.96. The van der Waals surface area contributed by atoms with Crippen LogP contribution >= 0.6 is 12.6 Å². The quantitative estimate of drug-likeness (QED) is 0.398. The second-order valence-electron chi connectivity index (χ2n) is 2.79. The van der Waals surface area contributed by atoms with E-state index >= 15 is 0 Å². The molecule has 0 radical (unpaired) electrons. The molecule has 0 aromatic rings. The molecule has 1 rings (SSSR count). The van der Waals surface area contributed by atoms with Gasteiger partial charge in [-0.05, 0) is 19.3 Å². The van der Waals surface area contributed by atoms with Crippen molar-refractivity contribution in [1.29, 1.82) is 0 Å². The van der Waals surface area contributed by atoms with Crippen molar-refractivity contribution >= 4 is 22.4 Å². The third kappa shape index (κ3) is 4.15. The van der Waals surface area contributed by atoms with Crippen molar-refractivity contribution in [3.05, 3.63) is 0 Å². The zero-order valence-electron chi connectivity index (χ0n) is 6.79. The van der Waals surface area contributed by atoms with E-state index in [0.29, 0.717) is 5.73 Å². The molecule has 0 aromatic carbocycles. The van der Waals surface area contributed by atoms with Gasteiger partial charge in [-0.3, -0.25) is 0 Å². The molecule has 1 saturated heterocycles. The van der Waals surface area contributed by atoms with Crippen molar-refractivity contribution < 1.29 is 9.16 Å². The molecule has 1 aliphatic heterocycles. The van der Waals surface area contributed by atoms with E-state index in [1.54, 1.807) is 0 Å². The van der Waals surface area contributed by atoms with Gasteiger partial charge in [0, 0.05) is 19.0 Å². The summed E-state index contributed by atoms with van der Waals surface area (Å²) in [7, 11) is -0.417. The lowest BCUT2D eigenvalue weighted by Gasteiger charge is -2.21. The molecule has 0 saturated carbocycles. The predicted molar refractivity (Wildman–Crippen MR) is 51.9 cm³/mol. The Labute approximate surface area is 76.0 Å². The first-order valence-electron chi connectivity index (χ1n) is 4.23. The van der Waals surface area contributed by atoms with E-state index in [9.17, 15) is 0 Å². The molecule has 0 aromatic heterocycles. The topological polar surface area (TPSA) is 18.5 Å². The highest BCUT2D eigenvalue weighted by Crippen LogP contribution is 2.11. The first-order chi connectivity index (χ1) is 5.43. The molecule has 4 heteroatoms. The lowest BCUT2D eigenvalue weighted by Crippen LogP contribution is -2.27. The van der Waals surface area contributed by atoms with Crippen LogP contribution in [-0.4, -0.2) is 34.5 Å². The van der Waals surface area contributed by atoms with Crippen molar-refractivity contribution in [2.45, 2.75) is 25.0 Å². The summed E-state index contributed by atoms with van der Waals surface area (Å²) in [6.45, 7) is 1.75. The first kappa shape index (κ1) is 9.57. The van der Waals surface area contributed by atoms with Gasteiger partial charge >= 0.3 is 0 Å². The maximum atomic E-state index is 5.54. The van der Waals surface area contributed by atoms with Gasteiger partial charge in [-0.1, -0.05) is 0 Å². The van der Waals surface area contributed by atoms with Gasteiger partial charge in [-0.2, -0.15) is 12.6 Å². The number of rotatable bonds is 4. The fourth-order valence-electron chi connectivity index (χ4n) is 1.22. The summed E-state index contributed by atoms with van der Waals surface area (Å²) in [5, 5.41) is 0. The molecule has 1 fully saturated rings. The molecule has 0 bridgehead atoms. The molecule has 1 aliphatic rings. The van der Waals surface area contributed by atoms with Crippen LogP contribution in [0.1, 0.15) is 19.3 Å². The highest BCUT2D eigenvalue weighted by Gasteiger charge is 2.13. The fourth-order valence-corrected chi connectivity index (χ4v) is 2.88. The molecular weight excluding hydrogens is 176 g/mol. The van der Waals surface area contributed by atoms with Gasteiger partial charge < -0.3 is 9.16 Å². The molecule has 2 nitrogen and oxygen atoms in total. The predicted octanol–water partition coefficient (Wildman–Crippen LogP) is 0.543. The number of hydrogen-bond acceptors (Lipinski definition) is 3. The van der Waals surface area contributed by atoms with Crippen molar-refractivity contribution in [1.82, 2.24) is 0 Å². The van der Waals surface area contributed by atoms with Crippen LogP contribution in [0.15, 0.2) is 0 Å². The SMILES string of the molecule is SCCO[SiH2]C1CCCCO1. The third-order valence-corrected chi connectivity index (χ3v) is 3.54. The molecule has 1 atom stereocenters. The Morgan fingerprint density at radius 3 is 3.09 bits per heavy atom. The van der Waals surface area contributed by atoms with Gasteiger partial charge in [0.05, 0.1) is 5.73 Å². The summed E-state index contributed by atoms with van der Waals surface area (Å²) in [5.41, 5.74) is 0.489. The molecule has 1 heterocycles. The lowest BCUT2D eigenvalue weighted by molar-refractivity contribution is 0.0556. The van der Waals surface area contributed by atoms with Crippen molar-refractivity contribution in [2.24, 2.45) is 0 Å². The van der Waals surface area contributed by atoms with Crippen molar-refractivity contribution in [3.8, 4) is 0 Å². The van der Waals surface area contributed by atoms with E-state index in [1.165, 1.54) is 19.3 Å². The summed E-state index contributed by atoms with van der Waals surface area (Å²) in [6.07, 6.45) is 3.78. The van der Waals surface area contributed by atoms with Crippen molar-refractivity contribution in [3.63, 3.8) is 0 Å². The van der Waals surface area contributed by atoms with Gasteiger partial charge in [0.15, 0.2) is 9.76 Å². The highest BCUT2D eigenvalue weighted by atomic mass is 32.1. The van der Waals surface area contributed by atoms with Crippen LogP contribution in [0, 0.1) is 0 Å². The lowest BCUT2D eigenvalue weighted by atomic mass is 10.2. The summed E-state index contributed by atoms with van der Waals surface area (Å²) < 4.78 is 11.0. The van der Waals surface area contributed by atoms with E-state index in [-0.39, 0.29) is 0 Å². The average molecular weight is 192 g/mol. The molecule has 0 spiro atoms. The molecular formula is C7H16O2SSi. The monoisotopic (exact) mass is 192 g/mol. The first-order valence-corrected chi connectivity index (χ1v) is 6.26. The molecule has 1 unspecified atom stereocenters. The zero-order valence-corrected chi connectivity index (χ0v) is 9.10. The number of hydrogen-bond donors (Lipinski definition) is 1. The van der Waals surface area contributed by atoms with E-state index in [1.807, 2.05) is 0 Å². The third-order valence-electron chi connectivity index (χ3n) is 1.81. The van der Waals surface area contributed by atoms with Gasteiger partial charge in [-0.15, -0.1) is 0 Å². The molecule has 11 heavy (non-hydrogen) atoms. The summed E-state index contributed by atoms with van der Waals surface area (Å²) in [5.74, 6) is 0.833. The van der Waals surface area contributed by atoms with Crippen LogP contribution in [0.2, 0.25) is 0 Å². The number of ether oxygens (including phenoxy) is 1. The summed E-state index contributed by atoms with van der Waals surface area (Å²) >= 11 is 4.07. The smallest absolute Gasteiger partial charge is 0.190 e. The second kappa shape index (κ2) is 6.05. The minimum absolute atomic E-state index is 0.417. The minimum Gasteiger partial charge on any atom is -0.421 e. The second-order valence-corrected chi connectivity index (χ2v) is 4.89. The molecule has 66 valence electrons. The van der Waals surface area contributed by atoms with E-state index < -0.39 is 9.76 Å². The standard InChI is InChI=1S/C7H16O2SSi/c10-6-5-9-11-7-3-1-2-4-8-7/h7,10H,1-6,11H2. The van der Waals surface area contributed by atoms with Gasteiger partial charge in [0.2, 0.25) is 0 Å². The summed E-state index contributed by atoms with van der Waals surface area (Å²) in [4.78, 5) is 0. The van der Waals surface area contributed by atoms with E-state index in [4.69, 9.17) is 9.16 Å². The van der Waals surface area contributed by atoms with Crippen LogP contribution in [0.3, 0.4) is 0 Å². The maximum absolute atomic E-state index is 5.54. The maximum Gasteiger partial charge on any atom is 0.190 e. The largest absolute Gasteiger partial charge is 0.421 e. The van der Waals surface area contributed by atoms with Gasteiger partial charge in [-0.25, -0.2) is 0 Å². The van der Waals surface area contributed by atoms with Gasteiger partial charge in [0.1, 0.15) is 0 Å². The van der Waals surface area contributed by atoms with Gasteiger partial charge in [0.25, 0.3) is 0 Å². The van der Waals surface area contributed by atoms with Crippen molar-refractivity contribution in [2.75, 3.05) is 19.0 Å². The number of thiol groups is 1. The average Bonchev–Trinajstić information content (AvgIpc) is 2.07. The van der Waals surface area contributed by atoms with Crippen LogP contribution in [0.5, 0.6) is 0 Å². The normalized spacial score (nSPS) is 26.5. The minimum atomic E-state index is -0.417. The Hall–Kier alpha value is 0.487. The fraction of sp³-hybridized carbons (Fsp3) is 1.00. The van der Waals surface area contributed by atoms with Crippen LogP contribution in [-0.2, 0) is 9.16 Å². The van der Waals surface area contributed by atoms with Crippen LogP contribution < -0.4 is 0 Å². The summed E-state index contributed by atoms with van der Waals surface area (Å²) in [6, 6.07) is 0. The Bertz CT molecular complexity index is 96.4. The van der Waals surface area contributed by atoms with E-state index in [0.717, 1.165) is 19.0 Å². The highest BCUT2D eigenvalue weighted by molar-refractivity contribution is 7.80. The van der Waals surface area contributed by atoms with E-state index in [2.05, 4.69) is 12.6 Å². The van der Waals surface area contributed by atoms with Crippen LogP contribution in [0.4, 0.5) is 0 Å². The Morgan fingerprint density at radius 1 is 1.55 bits per heavy atom. The van der Waals surface area contributed by atoms with Crippen LogP contribution in [0.25, 0.3) is 0 Å². The molecule has 0 amide bonds. The Morgan fingerprint density at radius 2 is 2.45 bits per heavy atom. The zero-order chi connectivity index (χ0) is 7.94. The molecule has 0 aliphatic carbocycles. The Kier molecular flexibility index (Phi) is 5.27. The molecule has 0 N–H and O–H groups in total.